The molecule has 1 fully saturated rings. The van der Waals surface area contributed by atoms with E-state index in [0.717, 1.165) is 66.7 Å². The molecule has 0 spiro atoms. The van der Waals surface area contributed by atoms with Crippen LogP contribution in [0.1, 0.15) is 36.8 Å². The van der Waals surface area contributed by atoms with E-state index in [1.165, 1.54) is 10.5 Å². The highest BCUT2D eigenvalue weighted by atomic mass is 35.5. The van der Waals surface area contributed by atoms with E-state index >= 15 is 0 Å². The summed E-state index contributed by atoms with van der Waals surface area (Å²) in [7, 11) is 1.66. The molecule has 5 nitrogen and oxygen atoms in total. The number of carboxylic acids is 1. The molecule has 4 rings (SSSR count). The SMILES string of the molecule is COc1ccc2ncc(Cl)c(CCCC3CC(C(=O)O)CCN3CCSc3ccc(C)cc3)c2c1. The van der Waals surface area contributed by atoms with Gasteiger partial charge in [-0.2, -0.15) is 0 Å². The van der Waals surface area contributed by atoms with Crippen molar-refractivity contribution < 1.29 is 14.6 Å². The van der Waals surface area contributed by atoms with Crippen LogP contribution in [0.2, 0.25) is 5.02 Å². The second kappa shape index (κ2) is 12.1. The molecule has 2 heterocycles. The van der Waals surface area contributed by atoms with Crippen molar-refractivity contribution in [1.29, 1.82) is 0 Å². The van der Waals surface area contributed by atoms with E-state index in [1.54, 1.807) is 13.3 Å². The number of rotatable bonds is 10. The molecule has 3 aromatic rings. The van der Waals surface area contributed by atoms with Gasteiger partial charge in [0.1, 0.15) is 5.75 Å². The average molecular weight is 513 g/mol. The van der Waals surface area contributed by atoms with E-state index in [2.05, 4.69) is 41.1 Å². The number of halogens is 1. The minimum absolute atomic E-state index is 0.254. The first kappa shape index (κ1) is 25.8. The Hall–Kier alpha value is -2.28. The zero-order valence-corrected chi connectivity index (χ0v) is 21.9. The number of carbonyl (C=O) groups is 1. The van der Waals surface area contributed by atoms with Gasteiger partial charge in [0.25, 0.3) is 0 Å². The maximum atomic E-state index is 11.7. The summed E-state index contributed by atoms with van der Waals surface area (Å²) in [4.78, 5) is 20.0. The van der Waals surface area contributed by atoms with Crippen LogP contribution in [0.3, 0.4) is 0 Å². The molecule has 0 saturated carbocycles. The number of hydrogen-bond donors (Lipinski definition) is 1. The van der Waals surface area contributed by atoms with Gasteiger partial charge in [-0.25, -0.2) is 0 Å². The number of thioether (sulfide) groups is 1. The van der Waals surface area contributed by atoms with E-state index < -0.39 is 5.97 Å². The first-order valence-corrected chi connectivity index (χ1v) is 13.6. The summed E-state index contributed by atoms with van der Waals surface area (Å²) in [5.74, 6) is 0.865. The van der Waals surface area contributed by atoms with Crippen LogP contribution in [0, 0.1) is 12.8 Å². The van der Waals surface area contributed by atoms with Gasteiger partial charge in [0.05, 0.1) is 23.6 Å². The third-order valence-electron chi connectivity index (χ3n) is 6.95. The maximum absolute atomic E-state index is 11.7. The largest absolute Gasteiger partial charge is 0.497 e. The number of ether oxygens (including phenoxy) is 1. The molecular formula is C28H33ClN2O3S. The first-order chi connectivity index (χ1) is 16.9. The van der Waals surface area contributed by atoms with E-state index in [1.807, 2.05) is 30.0 Å². The number of nitrogens with zero attached hydrogens (tertiary/aromatic N) is 2. The van der Waals surface area contributed by atoms with Gasteiger partial charge in [-0.1, -0.05) is 29.3 Å². The Balaban J connectivity index is 1.40. The maximum Gasteiger partial charge on any atom is 0.306 e. The van der Waals surface area contributed by atoms with Gasteiger partial charge in [-0.05, 0) is 81.5 Å². The van der Waals surface area contributed by atoms with Gasteiger partial charge in [-0.3, -0.25) is 14.7 Å². The van der Waals surface area contributed by atoms with Gasteiger partial charge in [-0.15, -0.1) is 11.8 Å². The van der Waals surface area contributed by atoms with Crippen molar-refractivity contribution in [1.82, 2.24) is 9.88 Å². The molecule has 0 bridgehead atoms. The molecule has 1 saturated heterocycles. The average Bonchev–Trinajstić information content (AvgIpc) is 2.86. The fourth-order valence-corrected chi connectivity index (χ4v) is 6.07. The highest BCUT2D eigenvalue weighted by Crippen LogP contribution is 2.31. The van der Waals surface area contributed by atoms with Crippen LogP contribution in [0.5, 0.6) is 5.75 Å². The molecule has 1 aliphatic heterocycles. The standard InChI is InChI=1S/C28H33ClN2O3S/c1-19-6-9-23(10-7-19)35-15-14-31-13-12-20(28(32)33)16-21(31)4-3-5-24-25-17-22(34-2)8-11-27(25)30-18-26(24)29/h6-11,17-18,20-21H,3-5,12-16H2,1-2H3,(H,32,33). The minimum Gasteiger partial charge on any atom is -0.497 e. The number of likely N-dealkylation sites (tertiary alicyclic amines) is 1. The van der Waals surface area contributed by atoms with Crippen LogP contribution in [0.4, 0.5) is 0 Å². The second-order valence-corrected chi connectivity index (χ2v) is 10.8. The summed E-state index contributed by atoms with van der Waals surface area (Å²) in [6.45, 7) is 3.90. The van der Waals surface area contributed by atoms with Crippen molar-refractivity contribution in [2.24, 2.45) is 5.92 Å². The fraction of sp³-hybridized carbons (Fsp3) is 0.429. The number of aryl methyl sites for hydroxylation is 2. The molecule has 0 aliphatic carbocycles. The predicted octanol–water partition coefficient (Wildman–Crippen LogP) is 6.49. The predicted molar refractivity (Wildman–Crippen MR) is 144 cm³/mol. The summed E-state index contributed by atoms with van der Waals surface area (Å²) < 4.78 is 5.41. The molecule has 0 radical (unpaired) electrons. The Morgan fingerprint density at radius 2 is 2.06 bits per heavy atom. The summed E-state index contributed by atoms with van der Waals surface area (Å²) in [5.41, 5.74) is 3.26. The van der Waals surface area contributed by atoms with Crippen molar-refractivity contribution in [2.75, 3.05) is 26.0 Å². The molecule has 1 aromatic heterocycles. The molecule has 0 amide bonds. The summed E-state index contributed by atoms with van der Waals surface area (Å²) >= 11 is 8.42. The number of methoxy groups -OCH3 is 1. The number of pyridine rings is 1. The lowest BCUT2D eigenvalue weighted by Crippen LogP contribution is -2.45. The first-order valence-electron chi connectivity index (χ1n) is 12.2. The number of fused-ring (bicyclic) bond motifs is 1. The van der Waals surface area contributed by atoms with Gasteiger partial charge < -0.3 is 9.84 Å². The van der Waals surface area contributed by atoms with Crippen LogP contribution >= 0.6 is 23.4 Å². The molecule has 35 heavy (non-hydrogen) atoms. The molecule has 2 atom stereocenters. The van der Waals surface area contributed by atoms with Gasteiger partial charge in [0.2, 0.25) is 0 Å². The summed E-state index contributed by atoms with van der Waals surface area (Å²) in [5, 5.41) is 11.3. The van der Waals surface area contributed by atoms with Crippen molar-refractivity contribution in [3.63, 3.8) is 0 Å². The number of hydrogen-bond acceptors (Lipinski definition) is 5. The zero-order chi connectivity index (χ0) is 24.8. The highest BCUT2D eigenvalue weighted by Gasteiger charge is 2.31. The van der Waals surface area contributed by atoms with Gasteiger partial charge >= 0.3 is 5.97 Å². The second-order valence-electron chi connectivity index (χ2n) is 9.27. The number of piperidine rings is 1. The Morgan fingerprint density at radius 3 is 2.80 bits per heavy atom. The lowest BCUT2D eigenvalue weighted by Gasteiger charge is -2.38. The van der Waals surface area contributed by atoms with Gasteiger partial charge in [0, 0.05) is 34.8 Å². The normalized spacial score (nSPS) is 18.6. The number of benzene rings is 2. The fourth-order valence-electron chi connectivity index (χ4n) is 4.93. The Morgan fingerprint density at radius 1 is 1.26 bits per heavy atom. The van der Waals surface area contributed by atoms with Crippen LogP contribution in [-0.2, 0) is 11.2 Å². The summed E-state index contributed by atoms with van der Waals surface area (Å²) in [6.07, 6.45) is 5.87. The number of carboxylic acid groups (broad SMARTS) is 1. The monoisotopic (exact) mass is 512 g/mol. The molecule has 1 aliphatic rings. The smallest absolute Gasteiger partial charge is 0.306 e. The Kier molecular flexibility index (Phi) is 8.93. The van der Waals surface area contributed by atoms with E-state index in [0.29, 0.717) is 11.4 Å². The number of aromatic nitrogens is 1. The molecule has 2 aromatic carbocycles. The zero-order valence-electron chi connectivity index (χ0n) is 20.4. The lowest BCUT2D eigenvalue weighted by molar-refractivity contribution is -0.144. The quantitative estimate of drug-likeness (QED) is 0.313. The molecule has 2 unspecified atom stereocenters. The van der Waals surface area contributed by atoms with Crippen LogP contribution in [0.25, 0.3) is 10.9 Å². The van der Waals surface area contributed by atoms with Crippen molar-refractivity contribution in [3.05, 3.63) is 64.8 Å². The lowest BCUT2D eigenvalue weighted by atomic mass is 9.88. The van der Waals surface area contributed by atoms with E-state index in [-0.39, 0.29) is 12.0 Å². The van der Waals surface area contributed by atoms with Crippen molar-refractivity contribution >= 4 is 40.2 Å². The minimum atomic E-state index is -0.668. The van der Waals surface area contributed by atoms with Crippen LogP contribution in [0.15, 0.2) is 53.6 Å². The summed E-state index contributed by atoms with van der Waals surface area (Å²) in [6, 6.07) is 14.8. The van der Waals surface area contributed by atoms with Crippen LogP contribution < -0.4 is 4.74 Å². The molecular weight excluding hydrogens is 480 g/mol. The third-order valence-corrected chi connectivity index (χ3v) is 8.27. The van der Waals surface area contributed by atoms with Crippen LogP contribution in [-0.4, -0.2) is 53.0 Å². The molecule has 1 N–H and O–H groups in total. The van der Waals surface area contributed by atoms with Crippen molar-refractivity contribution in [2.45, 2.75) is 50.0 Å². The molecule has 7 heteroatoms. The van der Waals surface area contributed by atoms with Crippen molar-refractivity contribution in [3.8, 4) is 5.75 Å². The van der Waals surface area contributed by atoms with Gasteiger partial charge in [0.15, 0.2) is 0 Å². The number of aliphatic carboxylic acids is 1. The topological polar surface area (TPSA) is 62.7 Å². The third kappa shape index (κ3) is 6.69. The Bertz CT molecular complexity index is 1150. The van der Waals surface area contributed by atoms with E-state index in [9.17, 15) is 9.90 Å². The Labute approximate surface area is 216 Å². The van der Waals surface area contributed by atoms with E-state index in [4.69, 9.17) is 16.3 Å². The molecule has 186 valence electrons. The highest BCUT2D eigenvalue weighted by molar-refractivity contribution is 7.99.